The fourth-order valence-corrected chi connectivity index (χ4v) is 2.53. The number of benzene rings is 1. The number of urea groups is 1. The number of hydrogen-bond acceptors (Lipinski definition) is 2. The molecular formula is C15H18N4O. The van der Waals surface area contributed by atoms with Crippen LogP contribution >= 0.6 is 0 Å². The van der Waals surface area contributed by atoms with Crippen LogP contribution < -0.4 is 5.32 Å². The lowest BCUT2D eigenvalue weighted by Crippen LogP contribution is -2.39. The molecule has 2 N–H and O–H groups in total. The molecule has 0 unspecified atom stereocenters. The maximum Gasteiger partial charge on any atom is 0.322 e. The highest BCUT2D eigenvalue weighted by atomic mass is 16.2. The normalized spacial score (nSPS) is 13.9. The second-order valence-electron chi connectivity index (χ2n) is 4.94. The first kappa shape index (κ1) is 12.7. The Balaban J connectivity index is 1.71. The Morgan fingerprint density at radius 3 is 3.15 bits per heavy atom. The molecule has 104 valence electrons. The lowest BCUT2D eigenvalue weighted by Gasteiger charge is -2.26. The van der Waals surface area contributed by atoms with E-state index in [2.05, 4.69) is 22.2 Å². The topological polar surface area (TPSA) is 61.0 Å². The number of nitrogens with zero attached hydrogens (tertiary/aromatic N) is 2. The van der Waals surface area contributed by atoms with Crippen molar-refractivity contribution in [3.8, 4) is 0 Å². The number of carbonyl (C=O) groups is 1. The number of aryl methyl sites for hydroxylation is 1. The van der Waals surface area contributed by atoms with Gasteiger partial charge in [0.15, 0.2) is 0 Å². The van der Waals surface area contributed by atoms with Crippen LogP contribution in [0.25, 0.3) is 0 Å². The average Bonchev–Trinajstić information content (AvgIpc) is 2.95. The summed E-state index contributed by atoms with van der Waals surface area (Å²) in [4.78, 5) is 21.5. The minimum absolute atomic E-state index is 0.0499. The number of para-hydroxylation sites is 1. The molecule has 3 rings (SSSR count). The summed E-state index contributed by atoms with van der Waals surface area (Å²) < 4.78 is 0. The summed E-state index contributed by atoms with van der Waals surface area (Å²) in [6.45, 7) is 3.39. The molecule has 0 aliphatic carbocycles. The van der Waals surface area contributed by atoms with Crippen LogP contribution in [0.4, 0.5) is 10.5 Å². The molecule has 5 heteroatoms. The van der Waals surface area contributed by atoms with Gasteiger partial charge in [-0.3, -0.25) is 0 Å². The zero-order valence-corrected chi connectivity index (χ0v) is 11.5. The van der Waals surface area contributed by atoms with Crippen LogP contribution in [0.15, 0.2) is 30.6 Å². The number of nitrogens with one attached hydrogen (secondary N) is 2. The van der Waals surface area contributed by atoms with Crippen molar-refractivity contribution in [2.45, 2.75) is 26.3 Å². The molecule has 0 saturated carbocycles. The monoisotopic (exact) mass is 270 g/mol. The number of aromatic nitrogens is 2. The lowest BCUT2D eigenvalue weighted by molar-refractivity contribution is 0.205. The molecule has 2 amide bonds. The van der Waals surface area contributed by atoms with Crippen molar-refractivity contribution in [2.24, 2.45) is 0 Å². The van der Waals surface area contributed by atoms with Crippen molar-refractivity contribution in [1.82, 2.24) is 14.9 Å². The fourth-order valence-electron chi connectivity index (χ4n) is 2.53. The van der Waals surface area contributed by atoms with Gasteiger partial charge in [0.25, 0.3) is 0 Å². The van der Waals surface area contributed by atoms with Crippen molar-refractivity contribution in [1.29, 1.82) is 0 Å². The lowest BCUT2D eigenvalue weighted by atomic mass is 10.1. The number of anilines is 1. The molecule has 20 heavy (non-hydrogen) atoms. The quantitative estimate of drug-likeness (QED) is 0.881. The highest BCUT2D eigenvalue weighted by molar-refractivity contribution is 5.90. The van der Waals surface area contributed by atoms with Crippen LogP contribution in [0.5, 0.6) is 0 Å². The van der Waals surface area contributed by atoms with Crippen LogP contribution in [0.3, 0.4) is 0 Å². The summed E-state index contributed by atoms with van der Waals surface area (Å²) in [7, 11) is 0. The summed E-state index contributed by atoms with van der Waals surface area (Å²) in [6, 6.07) is 7.87. The summed E-state index contributed by atoms with van der Waals surface area (Å²) in [6.07, 6.45) is 3.40. The number of hydrogen-bond donors (Lipinski definition) is 2. The van der Waals surface area contributed by atoms with E-state index in [9.17, 15) is 4.79 Å². The standard InChI is InChI=1S/C15H18N4O/c1-2-11-5-3-4-6-12(11)18-15(20)19-8-7-13-14(9-19)17-10-16-13/h3-6,10H,2,7-9H2,1H3,(H,16,17)(H,18,20). The van der Waals surface area contributed by atoms with Gasteiger partial charge < -0.3 is 15.2 Å². The van der Waals surface area contributed by atoms with E-state index in [0.29, 0.717) is 13.1 Å². The van der Waals surface area contributed by atoms with Crippen LogP contribution in [0.2, 0.25) is 0 Å². The van der Waals surface area contributed by atoms with Gasteiger partial charge in [-0.1, -0.05) is 25.1 Å². The minimum atomic E-state index is -0.0499. The van der Waals surface area contributed by atoms with E-state index in [4.69, 9.17) is 0 Å². The van der Waals surface area contributed by atoms with Crippen molar-refractivity contribution < 1.29 is 4.79 Å². The van der Waals surface area contributed by atoms with Gasteiger partial charge in [0, 0.05) is 18.7 Å². The SMILES string of the molecule is CCc1ccccc1NC(=O)N1CCc2nc[nH]c2C1. The van der Waals surface area contributed by atoms with Crippen LogP contribution in [0, 0.1) is 0 Å². The Kier molecular flexibility index (Phi) is 3.41. The number of fused-ring (bicyclic) bond motifs is 1. The smallest absolute Gasteiger partial charge is 0.322 e. The second-order valence-corrected chi connectivity index (χ2v) is 4.94. The van der Waals surface area contributed by atoms with E-state index >= 15 is 0 Å². The summed E-state index contributed by atoms with van der Waals surface area (Å²) in [5, 5.41) is 3.01. The van der Waals surface area contributed by atoms with Gasteiger partial charge in [-0.25, -0.2) is 9.78 Å². The predicted molar refractivity (Wildman–Crippen MR) is 77.5 cm³/mol. The minimum Gasteiger partial charge on any atom is -0.347 e. The van der Waals surface area contributed by atoms with Crippen molar-refractivity contribution in [2.75, 3.05) is 11.9 Å². The fraction of sp³-hybridized carbons (Fsp3) is 0.333. The Bertz CT molecular complexity index is 620. The molecule has 1 aliphatic heterocycles. The average molecular weight is 270 g/mol. The Labute approximate surface area is 118 Å². The first-order valence-corrected chi connectivity index (χ1v) is 6.93. The van der Waals surface area contributed by atoms with E-state index in [1.807, 2.05) is 29.2 Å². The highest BCUT2D eigenvalue weighted by Crippen LogP contribution is 2.19. The second kappa shape index (κ2) is 5.36. The van der Waals surface area contributed by atoms with Gasteiger partial charge >= 0.3 is 6.03 Å². The molecule has 0 atom stereocenters. The van der Waals surface area contributed by atoms with E-state index in [-0.39, 0.29) is 6.03 Å². The third-order valence-corrected chi connectivity index (χ3v) is 3.70. The molecule has 0 saturated heterocycles. The molecule has 1 aromatic carbocycles. The summed E-state index contributed by atoms with van der Waals surface area (Å²) >= 11 is 0. The van der Waals surface area contributed by atoms with Gasteiger partial charge in [0.1, 0.15) is 0 Å². The van der Waals surface area contributed by atoms with Gasteiger partial charge in [-0.15, -0.1) is 0 Å². The maximum atomic E-state index is 12.3. The number of aromatic amines is 1. The number of amides is 2. The van der Waals surface area contributed by atoms with Crippen LogP contribution in [0.1, 0.15) is 23.9 Å². The van der Waals surface area contributed by atoms with E-state index in [0.717, 1.165) is 35.5 Å². The molecule has 0 fully saturated rings. The van der Waals surface area contributed by atoms with Crippen molar-refractivity contribution in [3.05, 3.63) is 47.5 Å². The van der Waals surface area contributed by atoms with Gasteiger partial charge in [-0.2, -0.15) is 0 Å². The van der Waals surface area contributed by atoms with Gasteiger partial charge in [0.2, 0.25) is 0 Å². The van der Waals surface area contributed by atoms with Crippen LogP contribution in [-0.4, -0.2) is 27.4 Å². The molecule has 5 nitrogen and oxygen atoms in total. The number of carbonyl (C=O) groups excluding carboxylic acids is 1. The number of H-pyrrole nitrogens is 1. The molecule has 0 bridgehead atoms. The highest BCUT2D eigenvalue weighted by Gasteiger charge is 2.22. The zero-order valence-electron chi connectivity index (χ0n) is 11.5. The molecule has 1 aliphatic rings. The van der Waals surface area contributed by atoms with E-state index in [1.54, 1.807) is 6.33 Å². The van der Waals surface area contributed by atoms with Gasteiger partial charge in [-0.05, 0) is 18.1 Å². The predicted octanol–water partition coefficient (Wildman–Crippen LogP) is 2.56. The molecule has 0 radical (unpaired) electrons. The summed E-state index contributed by atoms with van der Waals surface area (Å²) in [5.41, 5.74) is 4.16. The van der Waals surface area contributed by atoms with Crippen molar-refractivity contribution >= 4 is 11.7 Å². The Morgan fingerprint density at radius 2 is 2.30 bits per heavy atom. The van der Waals surface area contributed by atoms with E-state index < -0.39 is 0 Å². The number of imidazole rings is 1. The molecular weight excluding hydrogens is 252 g/mol. The Morgan fingerprint density at radius 1 is 1.45 bits per heavy atom. The van der Waals surface area contributed by atoms with E-state index in [1.165, 1.54) is 0 Å². The maximum absolute atomic E-state index is 12.3. The molecule has 2 aromatic rings. The van der Waals surface area contributed by atoms with Gasteiger partial charge in [0.05, 0.1) is 24.3 Å². The van der Waals surface area contributed by atoms with Crippen LogP contribution in [-0.2, 0) is 19.4 Å². The third-order valence-electron chi connectivity index (χ3n) is 3.70. The molecule has 0 spiro atoms. The Hall–Kier alpha value is -2.30. The molecule has 1 aromatic heterocycles. The largest absolute Gasteiger partial charge is 0.347 e. The first-order chi connectivity index (χ1) is 9.78. The first-order valence-electron chi connectivity index (χ1n) is 6.93. The zero-order chi connectivity index (χ0) is 13.9. The third kappa shape index (κ3) is 2.39. The summed E-state index contributed by atoms with van der Waals surface area (Å²) in [5.74, 6) is 0. The molecule has 2 heterocycles. The number of rotatable bonds is 2. The van der Waals surface area contributed by atoms with Crippen molar-refractivity contribution in [3.63, 3.8) is 0 Å².